The lowest BCUT2D eigenvalue weighted by atomic mass is 9.98. The predicted octanol–water partition coefficient (Wildman–Crippen LogP) is 3.54. The first-order valence-electron chi connectivity index (χ1n) is 6.59. The summed E-state index contributed by atoms with van der Waals surface area (Å²) in [5, 5.41) is 0.658. The molecular weight excluding hydrogens is 291 g/mol. The van der Waals surface area contributed by atoms with Crippen molar-refractivity contribution in [2.24, 2.45) is 5.84 Å². The highest BCUT2D eigenvalue weighted by Gasteiger charge is 2.13. The first-order valence-corrected chi connectivity index (χ1v) is 6.97. The number of aryl methyl sites for hydroxylation is 1. The van der Waals surface area contributed by atoms with Gasteiger partial charge >= 0.3 is 0 Å². The second kappa shape index (κ2) is 6.89. The summed E-state index contributed by atoms with van der Waals surface area (Å²) >= 11 is 6.07. The van der Waals surface area contributed by atoms with E-state index in [1.807, 2.05) is 31.2 Å². The summed E-state index contributed by atoms with van der Waals surface area (Å²) in [5.74, 6) is 5.49. The molecule has 5 heteroatoms. The van der Waals surface area contributed by atoms with Gasteiger partial charge in [-0.2, -0.15) is 0 Å². The van der Waals surface area contributed by atoms with Crippen LogP contribution in [0.1, 0.15) is 22.7 Å². The number of nitrogens with two attached hydrogens (primary N) is 1. The van der Waals surface area contributed by atoms with Gasteiger partial charge in [0.1, 0.15) is 0 Å². The minimum Gasteiger partial charge on any atom is -0.494 e. The number of halogens is 2. The van der Waals surface area contributed by atoms with Crippen molar-refractivity contribution in [2.75, 3.05) is 7.11 Å². The highest BCUT2D eigenvalue weighted by molar-refractivity contribution is 6.30. The lowest BCUT2D eigenvalue weighted by Crippen LogP contribution is -2.29. The van der Waals surface area contributed by atoms with E-state index in [0.29, 0.717) is 11.4 Å². The van der Waals surface area contributed by atoms with Gasteiger partial charge in [-0.1, -0.05) is 23.7 Å². The maximum atomic E-state index is 13.7. The predicted molar refractivity (Wildman–Crippen MR) is 82.9 cm³/mol. The Bertz CT molecular complexity index is 613. The van der Waals surface area contributed by atoms with Gasteiger partial charge in [0, 0.05) is 5.02 Å². The van der Waals surface area contributed by atoms with Crippen LogP contribution in [0.4, 0.5) is 4.39 Å². The molecule has 1 atom stereocenters. The van der Waals surface area contributed by atoms with E-state index in [0.717, 1.165) is 16.7 Å². The Morgan fingerprint density at radius 1 is 1.29 bits per heavy atom. The van der Waals surface area contributed by atoms with Crippen molar-refractivity contribution >= 4 is 11.6 Å². The number of rotatable bonds is 5. The van der Waals surface area contributed by atoms with Crippen molar-refractivity contribution in [1.29, 1.82) is 0 Å². The maximum absolute atomic E-state index is 13.7. The number of nitrogens with one attached hydrogen (secondary N) is 1. The molecule has 3 nitrogen and oxygen atoms in total. The Kier molecular flexibility index (Phi) is 5.17. The molecule has 112 valence electrons. The highest BCUT2D eigenvalue weighted by Crippen LogP contribution is 2.25. The molecule has 0 aliphatic carbocycles. The molecule has 2 rings (SSSR count). The lowest BCUT2D eigenvalue weighted by molar-refractivity contribution is 0.386. The minimum absolute atomic E-state index is 0.143. The Labute approximate surface area is 128 Å². The SMILES string of the molecule is COc1ccc(CC(NN)c2cc(C)cc(Cl)c2)cc1F. The number of methoxy groups -OCH3 is 1. The standard InChI is InChI=1S/C16H18ClFN2O/c1-10-5-12(9-13(17)6-10)15(20-19)8-11-3-4-16(21-2)14(18)7-11/h3-7,9,15,20H,8,19H2,1-2H3. The molecule has 0 aliphatic heterocycles. The third-order valence-corrected chi connectivity index (χ3v) is 3.54. The van der Waals surface area contributed by atoms with Crippen LogP contribution in [-0.2, 0) is 6.42 Å². The third kappa shape index (κ3) is 3.94. The van der Waals surface area contributed by atoms with Crippen LogP contribution in [0.5, 0.6) is 5.75 Å². The molecule has 3 N–H and O–H groups in total. The topological polar surface area (TPSA) is 47.3 Å². The molecule has 21 heavy (non-hydrogen) atoms. The molecule has 0 saturated heterocycles. The van der Waals surface area contributed by atoms with Crippen LogP contribution in [0.25, 0.3) is 0 Å². The monoisotopic (exact) mass is 308 g/mol. The van der Waals surface area contributed by atoms with Gasteiger partial charge < -0.3 is 4.74 Å². The molecule has 0 saturated carbocycles. The smallest absolute Gasteiger partial charge is 0.165 e. The normalized spacial score (nSPS) is 12.2. The first-order chi connectivity index (χ1) is 10.0. The molecule has 0 radical (unpaired) electrons. The van der Waals surface area contributed by atoms with E-state index in [9.17, 15) is 4.39 Å². The third-order valence-electron chi connectivity index (χ3n) is 3.32. The molecule has 0 spiro atoms. The zero-order valence-electron chi connectivity index (χ0n) is 12.0. The highest BCUT2D eigenvalue weighted by atomic mass is 35.5. The summed E-state index contributed by atoms with van der Waals surface area (Å²) < 4.78 is 18.7. The van der Waals surface area contributed by atoms with Gasteiger partial charge in [0.05, 0.1) is 13.2 Å². The van der Waals surface area contributed by atoms with Crippen LogP contribution in [0.2, 0.25) is 5.02 Å². The quantitative estimate of drug-likeness (QED) is 0.656. The van der Waals surface area contributed by atoms with Gasteiger partial charge in [0.15, 0.2) is 11.6 Å². The zero-order valence-corrected chi connectivity index (χ0v) is 12.7. The fourth-order valence-electron chi connectivity index (χ4n) is 2.31. The van der Waals surface area contributed by atoms with Crippen molar-refractivity contribution in [1.82, 2.24) is 5.43 Å². The Hall–Kier alpha value is -1.62. The minimum atomic E-state index is -0.381. The number of hydrogen-bond donors (Lipinski definition) is 2. The van der Waals surface area contributed by atoms with Crippen LogP contribution in [-0.4, -0.2) is 7.11 Å². The van der Waals surface area contributed by atoms with Gasteiger partial charge in [-0.3, -0.25) is 11.3 Å². The first kappa shape index (κ1) is 15.8. The lowest BCUT2D eigenvalue weighted by Gasteiger charge is -2.18. The van der Waals surface area contributed by atoms with Gasteiger partial charge in [-0.25, -0.2) is 4.39 Å². The summed E-state index contributed by atoms with van der Waals surface area (Å²) in [4.78, 5) is 0. The van der Waals surface area contributed by atoms with Gasteiger partial charge in [-0.05, 0) is 54.3 Å². The van der Waals surface area contributed by atoms with E-state index >= 15 is 0 Å². The molecule has 0 amide bonds. The van der Waals surface area contributed by atoms with E-state index in [-0.39, 0.29) is 17.6 Å². The average molecular weight is 309 g/mol. The molecule has 0 aliphatic rings. The summed E-state index contributed by atoms with van der Waals surface area (Å²) in [6.45, 7) is 1.97. The summed E-state index contributed by atoms with van der Waals surface area (Å²) in [5.41, 5.74) is 5.61. The van der Waals surface area contributed by atoms with Crippen molar-refractivity contribution in [3.05, 3.63) is 63.9 Å². The Morgan fingerprint density at radius 3 is 2.62 bits per heavy atom. The molecular formula is C16H18ClFN2O. The van der Waals surface area contributed by atoms with E-state index in [4.69, 9.17) is 22.2 Å². The second-order valence-corrected chi connectivity index (χ2v) is 5.39. The van der Waals surface area contributed by atoms with E-state index < -0.39 is 0 Å². The summed E-state index contributed by atoms with van der Waals surface area (Å²) in [6, 6.07) is 10.5. The number of hydrazine groups is 1. The van der Waals surface area contributed by atoms with Crippen molar-refractivity contribution < 1.29 is 9.13 Å². The summed E-state index contributed by atoms with van der Waals surface area (Å²) in [6.07, 6.45) is 0.553. The fourth-order valence-corrected chi connectivity index (χ4v) is 2.61. The summed E-state index contributed by atoms with van der Waals surface area (Å²) in [7, 11) is 1.44. The Balaban J connectivity index is 2.24. The number of ether oxygens (including phenoxy) is 1. The number of hydrogen-bond acceptors (Lipinski definition) is 3. The van der Waals surface area contributed by atoms with E-state index in [1.165, 1.54) is 13.2 Å². The van der Waals surface area contributed by atoms with Crippen LogP contribution in [0, 0.1) is 12.7 Å². The number of benzene rings is 2. The largest absolute Gasteiger partial charge is 0.494 e. The maximum Gasteiger partial charge on any atom is 0.165 e. The van der Waals surface area contributed by atoms with Gasteiger partial charge in [0.2, 0.25) is 0 Å². The molecule has 0 heterocycles. The Morgan fingerprint density at radius 2 is 2.05 bits per heavy atom. The van der Waals surface area contributed by atoms with Crippen LogP contribution in [0.3, 0.4) is 0 Å². The molecule has 2 aromatic rings. The molecule has 0 bridgehead atoms. The van der Waals surface area contributed by atoms with Crippen molar-refractivity contribution in [2.45, 2.75) is 19.4 Å². The van der Waals surface area contributed by atoms with Crippen LogP contribution >= 0.6 is 11.6 Å². The average Bonchev–Trinajstić information content (AvgIpc) is 2.43. The van der Waals surface area contributed by atoms with Crippen molar-refractivity contribution in [3.63, 3.8) is 0 Å². The molecule has 1 unspecified atom stereocenters. The fraction of sp³-hybridized carbons (Fsp3) is 0.250. The van der Waals surface area contributed by atoms with E-state index in [1.54, 1.807) is 6.07 Å². The van der Waals surface area contributed by atoms with E-state index in [2.05, 4.69) is 5.43 Å². The van der Waals surface area contributed by atoms with Crippen LogP contribution in [0.15, 0.2) is 36.4 Å². The van der Waals surface area contributed by atoms with Crippen molar-refractivity contribution in [3.8, 4) is 5.75 Å². The van der Waals surface area contributed by atoms with Crippen LogP contribution < -0.4 is 16.0 Å². The molecule has 2 aromatic carbocycles. The second-order valence-electron chi connectivity index (χ2n) is 4.95. The molecule has 0 aromatic heterocycles. The molecule has 0 fully saturated rings. The van der Waals surface area contributed by atoms with Gasteiger partial charge in [0.25, 0.3) is 0 Å². The van der Waals surface area contributed by atoms with Gasteiger partial charge in [-0.15, -0.1) is 0 Å². The zero-order chi connectivity index (χ0) is 15.4.